The van der Waals surface area contributed by atoms with Gasteiger partial charge in [-0.2, -0.15) is 0 Å². The number of methoxy groups -OCH3 is 1. The van der Waals surface area contributed by atoms with Crippen LogP contribution in [0.15, 0.2) is 42.6 Å². The molecule has 2 saturated heterocycles. The molecule has 2 aliphatic heterocycles. The van der Waals surface area contributed by atoms with Gasteiger partial charge in [0.2, 0.25) is 0 Å². The molecule has 28 heavy (non-hydrogen) atoms. The highest BCUT2D eigenvalue weighted by Gasteiger charge is 2.24. The smallest absolute Gasteiger partial charge is 0.255 e. The highest BCUT2D eigenvalue weighted by molar-refractivity contribution is 5.94. The van der Waals surface area contributed by atoms with Crippen LogP contribution in [0.4, 0.5) is 11.5 Å². The van der Waals surface area contributed by atoms with Gasteiger partial charge in [-0.25, -0.2) is 4.98 Å². The number of ether oxygens (including phenoxy) is 2. The molecule has 0 radical (unpaired) electrons. The molecule has 2 aliphatic rings. The van der Waals surface area contributed by atoms with Crippen LogP contribution < -0.4 is 14.5 Å². The molecule has 0 N–H and O–H groups in total. The van der Waals surface area contributed by atoms with Crippen LogP contribution in [0, 0.1) is 0 Å². The monoisotopic (exact) mass is 382 g/mol. The molecule has 3 heterocycles. The molecule has 7 heteroatoms. The van der Waals surface area contributed by atoms with Crippen LogP contribution in [0.25, 0.3) is 0 Å². The zero-order valence-electron chi connectivity index (χ0n) is 16.2. The summed E-state index contributed by atoms with van der Waals surface area (Å²) in [6.07, 6.45) is 1.69. The lowest BCUT2D eigenvalue weighted by Crippen LogP contribution is -2.48. The summed E-state index contributed by atoms with van der Waals surface area (Å²) in [5, 5.41) is 0. The molecule has 0 atom stereocenters. The zero-order chi connectivity index (χ0) is 19.3. The molecule has 1 aromatic carbocycles. The van der Waals surface area contributed by atoms with E-state index in [4.69, 9.17) is 9.47 Å². The number of carbonyl (C=O) groups is 1. The fourth-order valence-corrected chi connectivity index (χ4v) is 3.72. The minimum atomic E-state index is 0.0423. The fraction of sp³-hybridized carbons (Fsp3) is 0.429. The third-order valence-corrected chi connectivity index (χ3v) is 5.32. The summed E-state index contributed by atoms with van der Waals surface area (Å²) >= 11 is 0. The van der Waals surface area contributed by atoms with Crippen molar-refractivity contribution in [2.45, 2.75) is 0 Å². The molecule has 2 aromatic rings. The first kappa shape index (κ1) is 18.6. The molecule has 0 unspecified atom stereocenters. The van der Waals surface area contributed by atoms with Gasteiger partial charge in [-0.15, -0.1) is 0 Å². The van der Waals surface area contributed by atoms with Gasteiger partial charge < -0.3 is 24.2 Å². The second kappa shape index (κ2) is 8.48. The van der Waals surface area contributed by atoms with Crippen molar-refractivity contribution < 1.29 is 14.3 Å². The van der Waals surface area contributed by atoms with Crippen LogP contribution in [-0.4, -0.2) is 75.4 Å². The van der Waals surface area contributed by atoms with E-state index in [-0.39, 0.29) is 5.91 Å². The zero-order valence-corrected chi connectivity index (χ0v) is 16.2. The van der Waals surface area contributed by atoms with E-state index in [0.717, 1.165) is 56.6 Å². The largest absolute Gasteiger partial charge is 0.495 e. The summed E-state index contributed by atoms with van der Waals surface area (Å²) in [6, 6.07) is 11.8. The molecule has 2 fully saturated rings. The lowest BCUT2D eigenvalue weighted by atomic mass is 10.2. The van der Waals surface area contributed by atoms with Crippen LogP contribution >= 0.6 is 0 Å². The van der Waals surface area contributed by atoms with E-state index in [1.807, 2.05) is 35.2 Å². The number of aromatic nitrogens is 1. The van der Waals surface area contributed by atoms with Gasteiger partial charge in [-0.05, 0) is 24.3 Å². The maximum absolute atomic E-state index is 12.9. The highest BCUT2D eigenvalue weighted by Crippen LogP contribution is 2.28. The number of para-hydroxylation sites is 2. The Morgan fingerprint density at radius 1 is 0.964 bits per heavy atom. The Kier molecular flexibility index (Phi) is 5.62. The topological polar surface area (TPSA) is 58.1 Å². The molecule has 0 bridgehead atoms. The van der Waals surface area contributed by atoms with E-state index in [2.05, 4.69) is 20.9 Å². The standard InChI is InChI=1S/C21H26N4O3/c1-27-19-5-3-2-4-18(19)23-8-10-25(11-9-23)21(26)17-6-7-20(22-16-17)24-12-14-28-15-13-24/h2-7,16H,8-15H2,1H3. The maximum atomic E-state index is 12.9. The van der Waals surface area contributed by atoms with Gasteiger partial charge in [-0.1, -0.05) is 12.1 Å². The molecule has 0 saturated carbocycles. The van der Waals surface area contributed by atoms with Crippen molar-refractivity contribution in [3.63, 3.8) is 0 Å². The van der Waals surface area contributed by atoms with Crippen LogP contribution in [0.2, 0.25) is 0 Å². The number of nitrogens with zero attached hydrogens (tertiary/aromatic N) is 4. The van der Waals surface area contributed by atoms with E-state index in [1.54, 1.807) is 13.3 Å². The Hall–Kier alpha value is -2.80. The van der Waals surface area contributed by atoms with E-state index in [0.29, 0.717) is 18.7 Å². The summed E-state index contributed by atoms with van der Waals surface area (Å²) in [7, 11) is 1.69. The number of rotatable bonds is 4. The van der Waals surface area contributed by atoms with Crippen molar-refractivity contribution in [3.05, 3.63) is 48.2 Å². The van der Waals surface area contributed by atoms with E-state index >= 15 is 0 Å². The first-order chi connectivity index (χ1) is 13.8. The molecule has 4 rings (SSSR count). The first-order valence-electron chi connectivity index (χ1n) is 9.72. The second-order valence-corrected chi connectivity index (χ2v) is 6.96. The predicted octanol–water partition coefficient (Wildman–Crippen LogP) is 1.89. The van der Waals surface area contributed by atoms with Crippen LogP contribution in [0.3, 0.4) is 0 Å². The van der Waals surface area contributed by atoms with Crippen LogP contribution in [0.1, 0.15) is 10.4 Å². The lowest BCUT2D eigenvalue weighted by molar-refractivity contribution is 0.0746. The van der Waals surface area contributed by atoms with Gasteiger partial charge in [0.05, 0.1) is 31.6 Å². The summed E-state index contributed by atoms with van der Waals surface area (Å²) in [5.41, 5.74) is 1.72. The second-order valence-electron chi connectivity index (χ2n) is 6.96. The quantitative estimate of drug-likeness (QED) is 0.805. The molecule has 148 valence electrons. The van der Waals surface area contributed by atoms with Gasteiger partial charge in [0.15, 0.2) is 0 Å². The van der Waals surface area contributed by atoms with Crippen molar-refractivity contribution in [1.82, 2.24) is 9.88 Å². The number of carbonyl (C=O) groups excluding carboxylic acids is 1. The molecular formula is C21H26N4O3. The van der Waals surface area contributed by atoms with Crippen molar-refractivity contribution in [2.75, 3.05) is 69.4 Å². The SMILES string of the molecule is COc1ccccc1N1CCN(C(=O)c2ccc(N3CCOCC3)nc2)CC1. The van der Waals surface area contributed by atoms with Crippen molar-refractivity contribution in [1.29, 1.82) is 0 Å². The lowest BCUT2D eigenvalue weighted by Gasteiger charge is -2.36. The van der Waals surface area contributed by atoms with Crippen LogP contribution in [-0.2, 0) is 4.74 Å². The van der Waals surface area contributed by atoms with Gasteiger partial charge in [0.1, 0.15) is 11.6 Å². The van der Waals surface area contributed by atoms with Gasteiger partial charge in [0.25, 0.3) is 5.91 Å². The third kappa shape index (κ3) is 3.89. The Labute approximate surface area is 165 Å². The number of piperazine rings is 1. The summed E-state index contributed by atoms with van der Waals surface area (Å²) < 4.78 is 10.8. The van der Waals surface area contributed by atoms with E-state index in [1.165, 1.54) is 0 Å². The maximum Gasteiger partial charge on any atom is 0.255 e. The Bertz CT molecular complexity index is 798. The molecule has 0 aliphatic carbocycles. The fourth-order valence-electron chi connectivity index (χ4n) is 3.72. The number of benzene rings is 1. The predicted molar refractivity (Wildman–Crippen MR) is 108 cm³/mol. The summed E-state index contributed by atoms with van der Waals surface area (Å²) in [6.45, 7) is 6.05. The van der Waals surface area contributed by atoms with Gasteiger partial charge in [-0.3, -0.25) is 4.79 Å². The Balaban J connectivity index is 1.37. The molecular weight excluding hydrogens is 356 g/mol. The normalized spacial score (nSPS) is 17.5. The van der Waals surface area contributed by atoms with Gasteiger partial charge in [0, 0.05) is 45.5 Å². The summed E-state index contributed by atoms with van der Waals surface area (Å²) in [5.74, 6) is 1.81. The molecule has 1 aromatic heterocycles. The number of anilines is 2. The summed E-state index contributed by atoms with van der Waals surface area (Å²) in [4.78, 5) is 23.7. The van der Waals surface area contributed by atoms with Crippen molar-refractivity contribution >= 4 is 17.4 Å². The first-order valence-corrected chi connectivity index (χ1v) is 9.72. The third-order valence-electron chi connectivity index (χ3n) is 5.32. The highest BCUT2D eigenvalue weighted by atomic mass is 16.5. The molecule has 7 nitrogen and oxygen atoms in total. The van der Waals surface area contributed by atoms with E-state index < -0.39 is 0 Å². The Morgan fingerprint density at radius 2 is 1.71 bits per heavy atom. The Morgan fingerprint density at radius 3 is 2.39 bits per heavy atom. The minimum absolute atomic E-state index is 0.0423. The molecule has 0 spiro atoms. The number of hydrogen-bond acceptors (Lipinski definition) is 6. The average Bonchev–Trinajstić information content (AvgIpc) is 2.79. The number of morpholine rings is 1. The van der Waals surface area contributed by atoms with Crippen molar-refractivity contribution in [2.24, 2.45) is 0 Å². The average molecular weight is 382 g/mol. The van der Waals surface area contributed by atoms with Crippen LogP contribution in [0.5, 0.6) is 5.75 Å². The minimum Gasteiger partial charge on any atom is -0.495 e. The number of amides is 1. The number of hydrogen-bond donors (Lipinski definition) is 0. The number of pyridine rings is 1. The van der Waals surface area contributed by atoms with E-state index in [9.17, 15) is 4.79 Å². The van der Waals surface area contributed by atoms with Crippen molar-refractivity contribution in [3.8, 4) is 5.75 Å². The van der Waals surface area contributed by atoms with Gasteiger partial charge >= 0.3 is 0 Å². The molecule has 1 amide bonds.